The lowest BCUT2D eigenvalue weighted by molar-refractivity contribution is 0.923. The van der Waals surface area contributed by atoms with Gasteiger partial charge in [0.05, 0.1) is 0 Å². The van der Waals surface area contributed by atoms with E-state index in [9.17, 15) is 0 Å². The van der Waals surface area contributed by atoms with E-state index < -0.39 is 0 Å². The number of nitrogens with one attached hydrogen (secondary N) is 1. The summed E-state index contributed by atoms with van der Waals surface area (Å²) in [5.41, 5.74) is 1.98. The van der Waals surface area contributed by atoms with Gasteiger partial charge in [0, 0.05) is 35.0 Å². The molecule has 5 heteroatoms. The Morgan fingerprint density at radius 2 is 1.80 bits per heavy atom. The van der Waals surface area contributed by atoms with E-state index in [2.05, 4.69) is 42.2 Å². The van der Waals surface area contributed by atoms with Crippen molar-refractivity contribution in [2.45, 2.75) is 19.8 Å². The molecule has 0 bridgehead atoms. The molecule has 4 nitrogen and oxygen atoms in total. The molecular formula is C15H17BrN4. The number of hydrogen-bond donors (Lipinski definition) is 1. The molecule has 1 aromatic carbocycles. The molecule has 1 aromatic heterocycles. The summed E-state index contributed by atoms with van der Waals surface area (Å²) in [6.07, 6.45) is 2.50. The van der Waals surface area contributed by atoms with Crippen molar-refractivity contribution >= 4 is 33.4 Å². The molecule has 1 aliphatic rings. The molecule has 0 aliphatic carbocycles. The molecule has 1 aliphatic heterocycles. The van der Waals surface area contributed by atoms with Crippen molar-refractivity contribution in [3.05, 3.63) is 40.5 Å². The van der Waals surface area contributed by atoms with E-state index in [4.69, 9.17) is 0 Å². The van der Waals surface area contributed by atoms with Gasteiger partial charge in [-0.3, -0.25) is 0 Å². The predicted molar refractivity (Wildman–Crippen MR) is 85.6 cm³/mol. The number of hydrogen-bond acceptors (Lipinski definition) is 4. The van der Waals surface area contributed by atoms with Gasteiger partial charge in [-0.15, -0.1) is 0 Å². The normalized spacial score (nSPS) is 14.6. The fourth-order valence-corrected chi connectivity index (χ4v) is 2.64. The van der Waals surface area contributed by atoms with Gasteiger partial charge in [0.15, 0.2) is 0 Å². The molecule has 0 atom stereocenters. The summed E-state index contributed by atoms with van der Waals surface area (Å²) in [4.78, 5) is 11.4. The lowest BCUT2D eigenvalue weighted by atomic mass is 10.3. The standard InChI is InChI=1S/C15H17BrN4/c1-11-10-14(20-8-2-3-9-20)19-15(17-11)18-13-6-4-12(16)5-7-13/h4-7,10H,2-3,8-9H2,1H3,(H,17,18,19). The Balaban J connectivity index is 1.83. The van der Waals surface area contributed by atoms with E-state index in [0.29, 0.717) is 5.95 Å². The van der Waals surface area contributed by atoms with Crippen LogP contribution in [0.3, 0.4) is 0 Å². The van der Waals surface area contributed by atoms with Crippen molar-refractivity contribution in [1.82, 2.24) is 9.97 Å². The molecule has 1 fully saturated rings. The molecule has 2 heterocycles. The zero-order valence-electron chi connectivity index (χ0n) is 11.4. The smallest absolute Gasteiger partial charge is 0.229 e. The van der Waals surface area contributed by atoms with Crippen LogP contribution in [-0.2, 0) is 0 Å². The highest BCUT2D eigenvalue weighted by atomic mass is 79.9. The number of aromatic nitrogens is 2. The molecule has 0 spiro atoms. The fourth-order valence-electron chi connectivity index (χ4n) is 2.38. The first-order valence-electron chi connectivity index (χ1n) is 6.84. The molecule has 3 rings (SSSR count). The second-order valence-corrected chi connectivity index (χ2v) is 5.93. The Morgan fingerprint density at radius 3 is 2.50 bits per heavy atom. The summed E-state index contributed by atoms with van der Waals surface area (Å²) in [6, 6.07) is 10.1. The van der Waals surface area contributed by atoms with Crippen molar-refractivity contribution in [1.29, 1.82) is 0 Å². The van der Waals surface area contributed by atoms with Crippen LogP contribution in [0.25, 0.3) is 0 Å². The Bertz CT molecular complexity index is 591. The third-order valence-corrected chi connectivity index (χ3v) is 3.90. The zero-order chi connectivity index (χ0) is 13.9. The van der Waals surface area contributed by atoms with Crippen molar-refractivity contribution in [3.8, 4) is 0 Å². The molecule has 0 amide bonds. The largest absolute Gasteiger partial charge is 0.356 e. The van der Waals surface area contributed by atoms with Crippen LogP contribution in [0.5, 0.6) is 0 Å². The Hall–Kier alpha value is -1.62. The van der Waals surface area contributed by atoms with E-state index >= 15 is 0 Å². The molecule has 0 unspecified atom stereocenters. The van der Waals surface area contributed by atoms with Gasteiger partial charge in [-0.2, -0.15) is 4.98 Å². The monoisotopic (exact) mass is 332 g/mol. The highest BCUT2D eigenvalue weighted by Crippen LogP contribution is 2.22. The number of halogens is 1. The summed E-state index contributed by atoms with van der Waals surface area (Å²) >= 11 is 3.43. The highest BCUT2D eigenvalue weighted by molar-refractivity contribution is 9.10. The number of rotatable bonds is 3. The van der Waals surface area contributed by atoms with Crippen molar-refractivity contribution in [3.63, 3.8) is 0 Å². The summed E-state index contributed by atoms with van der Waals surface area (Å²) < 4.78 is 1.06. The van der Waals surface area contributed by atoms with E-state index in [1.165, 1.54) is 12.8 Å². The molecule has 0 saturated carbocycles. The van der Waals surface area contributed by atoms with Crippen molar-refractivity contribution in [2.24, 2.45) is 0 Å². The van der Waals surface area contributed by atoms with Gasteiger partial charge in [0.2, 0.25) is 5.95 Å². The Labute approximate surface area is 127 Å². The molecule has 1 N–H and O–H groups in total. The number of aryl methyl sites for hydroxylation is 1. The number of benzene rings is 1. The molecule has 1 saturated heterocycles. The molecule has 0 radical (unpaired) electrons. The highest BCUT2D eigenvalue weighted by Gasteiger charge is 2.15. The van der Waals surface area contributed by atoms with E-state index in [1.54, 1.807) is 0 Å². The minimum Gasteiger partial charge on any atom is -0.356 e. The van der Waals surface area contributed by atoms with Crippen molar-refractivity contribution in [2.75, 3.05) is 23.3 Å². The Kier molecular flexibility index (Phi) is 3.87. The fraction of sp³-hybridized carbons (Fsp3) is 0.333. The minimum absolute atomic E-state index is 0.661. The maximum atomic E-state index is 4.63. The van der Waals surface area contributed by atoms with Gasteiger partial charge >= 0.3 is 0 Å². The molecule has 104 valence electrons. The summed E-state index contributed by atoms with van der Waals surface area (Å²) in [7, 11) is 0. The van der Waals surface area contributed by atoms with Gasteiger partial charge in [0.25, 0.3) is 0 Å². The minimum atomic E-state index is 0.661. The van der Waals surface area contributed by atoms with Gasteiger partial charge in [-0.05, 0) is 44.0 Å². The lowest BCUT2D eigenvalue weighted by Gasteiger charge is -2.17. The second-order valence-electron chi connectivity index (χ2n) is 5.02. The van der Waals surface area contributed by atoms with Crippen LogP contribution in [0.2, 0.25) is 0 Å². The first kappa shape index (κ1) is 13.4. The first-order chi connectivity index (χ1) is 9.70. The maximum Gasteiger partial charge on any atom is 0.229 e. The predicted octanol–water partition coefficient (Wildman–Crippen LogP) is 3.89. The van der Waals surface area contributed by atoms with E-state index in [0.717, 1.165) is 34.8 Å². The van der Waals surface area contributed by atoms with Gasteiger partial charge in [0.1, 0.15) is 5.82 Å². The maximum absolute atomic E-state index is 4.63. The lowest BCUT2D eigenvalue weighted by Crippen LogP contribution is -2.19. The quantitative estimate of drug-likeness (QED) is 0.925. The van der Waals surface area contributed by atoms with Crippen LogP contribution < -0.4 is 10.2 Å². The third-order valence-electron chi connectivity index (χ3n) is 3.37. The molecule has 20 heavy (non-hydrogen) atoms. The molecule has 2 aromatic rings. The average molecular weight is 333 g/mol. The van der Waals surface area contributed by atoms with Crippen LogP contribution in [0.1, 0.15) is 18.5 Å². The number of nitrogens with zero attached hydrogens (tertiary/aromatic N) is 3. The first-order valence-corrected chi connectivity index (χ1v) is 7.63. The van der Waals surface area contributed by atoms with Crippen LogP contribution in [0, 0.1) is 6.92 Å². The van der Waals surface area contributed by atoms with Crippen LogP contribution >= 0.6 is 15.9 Å². The van der Waals surface area contributed by atoms with Gasteiger partial charge < -0.3 is 10.2 Å². The summed E-state index contributed by atoms with van der Waals surface area (Å²) in [5.74, 6) is 1.68. The summed E-state index contributed by atoms with van der Waals surface area (Å²) in [6.45, 7) is 4.19. The molecular weight excluding hydrogens is 316 g/mol. The van der Waals surface area contributed by atoms with Crippen molar-refractivity contribution < 1.29 is 0 Å². The average Bonchev–Trinajstić information content (AvgIpc) is 2.95. The second kappa shape index (κ2) is 5.79. The van der Waals surface area contributed by atoms with Gasteiger partial charge in [-0.25, -0.2) is 4.98 Å². The zero-order valence-corrected chi connectivity index (χ0v) is 13.0. The van der Waals surface area contributed by atoms with Gasteiger partial charge in [-0.1, -0.05) is 15.9 Å². The third kappa shape index (κ3) is 3.10. The van der Waals surface area contributed by atoms with Crippen LogP contribution in [0.4, 0.5) is 17.5 Å². The van der Waals surface area contributed by atoms with Crippen LogP contribution in [0.15, 0.2) is 34.8 Å². The van der Waals surface area contributed by atoms with E-state index in [1.807, 2.05) is 31.2 Å². The van der Waals surface area contributed by atoms with E-state index in [-0.39, 0.29) is 0 Å². The summed E-state index contributed by atoms with van der Waals surface area (Å²) in [5, 5.41) is 3.27. The SMILES string of the molecule is Cc1cc(N2CCCC2)nc(Nc2ccc(Br)cc2)n1. The topological polar surface area (TPSA) is 41.1 Å². The Morgan fingerprint density at radius 1 is 1.10 bits per heavy atom. The van der Waals surface area contributed by atoms with Crippen LogP contribution in [-0.4, -0.2) is 23.1 Å². The number of anilines is 3.